The molecule has 0 aliphatic heterocycles. The second kappa shape index (κ2) is 4.09. The summed E-state index contributed by atoms with van der Waals surface area (Å²) in [6.45, 7) is 0. The van der Waals surface area contributed by atoms with Crippen LogP contribution >= 0.6 is 11.8 Å². The van der Waals surface area contributed by atoms with Crippen molar-refractivity contribution in [2.75, 3.05) is 7.11 Å². The third kappa shape index (κ3) is 1.96. The van der Waals surface area contributed by atoms with Crippen molar-refractivity contribution < 1.29 is 9.63 Å². The van der Waals surface area contributed by atoms with E-state index < -0.39 is 0 Å². The highest BCUT2D eigenvalue weighted by Crippen LogP contribution is 2.06. The molecule has 0 N–H and O–H groups in total. The van der Waals surface area contributed by atoms with Crippen molar-refractivity contribution in [2.45, 2.75) is 0 Å². The summed E-state index contributed by atoms with van der Waals surface area (Å²) in [4.78, 5) is 15.8. The van der Waals surface area contributed by atoms with E-state index in [1.54, 1.807) is 24.3 Å². The van der Waals surface area contributed by atoms with Gasteiger partial charge in [-0.1, -0.05) is 18.2 Å². The van der Waals surface area contributed by atoms with Crippen molar-refractivity contribution in [3.8, 4) is 0 Å². The van der Waals surface area contributed by atoms with Gasteiger partial charge in [-0.3, -0.25) is 9.63 Å². The van der Waals surface area contributed by atoms with Gasteiger partial charge in [-0.05, 0) is 12.1 Å². The lowest BCUT2D eigenvalue weighted by Crippen LogP contribution is -2.19. The van der Waals surface area contributed by atoms with Gasteiger partial charge in [0.15, 0.2) is 0 Å². The monoisotopic (exact) mass is 185 g/mol. The Balaban J connectivity index is 2.79. The summed E-state index contributed by atoms with van der Waals surface area (Å²) < 4.78 is 0.662. The van der Waals surface area contributed by atoms with E-state index in [1.165, 1.54) is 7.11 Å². The molecule has 1 aromatic carbocycles. The maximum atomic E-state index is 11.2. The van der Waals surface area contributed by atoms with Crippen LogP contribution in [0.2, 0.25) is 0 Å². The minimum Gasteiger partial charge on any atom is -0.265 e. The lowest BCUT2D eigenvalue weighted by molar-refractivity contribution is -0.0273. The quantitative estimate of drug-likeness (QED) is 0.520. The molecule has 0 aromatic heterocycles. The van der Waals surface area contributed by atoms with E-state index >= 15 is 0 Å². The number of nitrogens with zero attached hydrogens (tertiary/aromatic N) is 1. The topological polar surface area (TPSA) is 29.5 Å². The molecule has 0 saturated heterocycles. The number of hydrogen-bond donors (Lipinski definition) is 0. The number of halogens is 1. The number of rotatable bonds is 2. The van der Waals surface area contributed by atoms with Crippen LogP contribution < -0.4 is 0 Å². The SMILES string of the molecule is CON(Cl)C(=O)c1ccccc1. The zero-order valence-corrected chi connectivity index (χ0v) is 7.28. The fourth-order valence-electron chi connectivity index (χ4n) is 0.765. The normalized spacial score (nSPS) is 9.50. The van der Waals surface area contributed by atoms with Gasteiger partial charge >= 0.3 is 0 Å². The number of hydrogen-bond acceptors (Lipinski definition) is 2. The van der Waals surface area contributed by atoms with Crippen LogP contribution in [0, 0.1) is 0 Å². The van der Waals surface area contributed by atoms with Gasteiger partial charge in [-0.15, -0.1) is 4.58 Å². The standard InChI is InChI=1S/C8H8ClNO2/c1-12-10(9)8(11)7-5-3-2-4-6-7/h2-6H,1H3. The highest BCUT2D eigenvalue weighted by atomic mass is 35.5. The number of hydroxylamine groups is 1. The van der Waals surface area contributed by atoms with Crippen LogP contribution in [0.3, 0.4) is 0 Å². The molecule has 12 heavy (non-hydrogen) atoms. The number of carbonyl (C=O) groups is 1. The van der Waals surface area contributed by atoms with Crippen molar-refractivity contribution >= 4 is 17.7 Å². The van der Waals surface area contributed by atoms with Gasteiger partial charge in [0.25, 0.3) is 5.91 Å². The average Bonchev–Trinajstić information content (AvgIpc) is 2.17. The zero-order chi connectivity index (χ0) is 8.97. The van der Waals surface area contributed by atoms with Crippen LogP contribution in [0.5, 0.6) is 0 Å². The molecule has 0 atom stereocenters. The molecule has 0 spiro atoms. The molecule has 0 fully saturated rings. The summed E-state index contributed by atoms with van der Waals surface area (Å²) in [7, 11) is 1.33. The van der Waals surface area contributed by atoms with E-state index in [1.807, 2.05) is 6.07 Å². The van der Waals surface area contributed by atoms with Gasteiger partial charge in [-0.2, -0.15) is 0 Å². The summed E-state index contributed by atoms with van der Waals surface area (Å²) in [5.74, 6) is -0.375. The first-order valence-electron chi connectivity index (χ1n) is 3.35. The lowest BCUT2D eigenvalue weighted by Gasteiger charge is -2.08. The van der Waals surface area contributed by atoms with Crippen molar-refractivity contribution in [3.05, 3.63) is 35.9 Å². The van der Waals surface area contributed by atoms with E-state index in [0.717, 1.165) is 0 Å². The molecule has 0 aliphatic carbocycles. The maximum absolute atomic E-state index is 11.2. The molecule has 0 unspecified atom stereocenters. The Kier molecular flexibility index (Phi) is 3.08. The Bertz CT molecular complexity index is 263. The fourth-order valence-corrected chi connectivity index (χ4v) is 0.863. The van der Waals surface area contributed by atoms with E-state index in [9.17, 15) is 4.79 Å². The number of benzene rings is 1. The lowest BCUT2D eigenvalue weighted by atomic mass is 10.2. The zero-order valence-electron chi connectivity index (χ0n) is 6.53. The molecule has 4 heteroatoms. The molecule has 1 aromatic rings. The summed E-state index contributed by atoms with van der Waals surface area (Å²) in [6.07, 6.45) is 0. The highest BCUT2D eigenvalue weighted by Gasteiger charge is 2.11. The van der Waals surface area contributed by atoms with Crippen LogP contribution in [0.15, 0.2) is 30.3 Å². The Hall–Kier alpha value is -1.06. The van der Waals surface area contributed by atoms with Crippen molar-refractivity contribution in [2.24, 2.45) is 0 Å². The first-order valence-corrected chi connectivity index (χ1v) is 3.69. The molecule has 0 aliphatic rings. The van der Waals surface area contributed by atoms with Crippen LogP contribution in [0.1, 0.15) is 10.4 Å². The maximum Gasteiger partial charge on any atom is 0.292 e. The Labute approximate surface area is 75.6 Å². The third-order valence-electron chi connectivity index (χ3n) is 1.34. The molecule has 0 heterocycles. The third-order valence-corrected chi connectivity index (χ3v) is 1.63. The van der Waals surface area contributed by atoms with Gasteiger partial charge in [-0.25, -0.2) is 0 Å². The van der Waals surface area contributed by atoms with Gasteiger partial charge in [0.05, 0.1) is 7.11 Å². The smallest absolute Gasteiger partial charge is 0.265 e. The largest absolute Gasteiger partial charge is 0.292 e. The predicted molar refractivity (Wildman–Crippen MR) is 45.5 cm³/mol. The molecule has 0 radical (unpaired) electrons. The van der Waals surface area contributed by atoms with E-state index in [-0.39, 0.29) is 5.91 Å². The van der Waals surface area contributed by atoms with Crippen LogP contribution in [0.25, 0.3) is 0 Å². The van der Waals surface area contributed by atoms with E-state index in [4.69, 9.17) is 11.8 Å². The number of amides is 1. The van der Waals surface area contributed by atoms with Gasteiger partial charge in [0.1, 0.15) is 0 Å². The van der Waals surface area contributed by atoms with Crippen LogP contribution in [0.4, 0.5) is 0 Å². The summed E-state index contributed by atoms with van der Waals surface area (Å²) >= 11 is 5.41. The van der Waals surface area contributed by atoms with Crippen LogP contribution in [-0.4, -0.2) is 17.6 Å². The molecule has 1 rings (SSSR count). The summed E-state index contributed by atoms with van der Waals surface area (Å²) in [5, 5.41) is 0. The second-order valence-electron chi connectivity index (χ2n) is 2.10. The number of carbonyl (C=O) groups excluding carboxylic acids is 1. The summed E-state index contributed by atoms with van der Waals surface area (Å²) in [6, 6.07) is 8.66. The first kappa shape index (κ1) is 9.03. The minimum atomic E-state index is -0.375. The average molecular weight is 186 g/mol. The van der Waals surface area contributed by atoms with Gasteiger partial charge in [0, 0.05) is 17.3 Å². The minimum absolute atomic E-state index is 0.375. The van der Waals surface area contributed by atoms with Gasteiger partial charge < -0.3 is 0 Å². The molecule has 64 valence electrons. The van der Waals surface area contributed by atoms with Crippen molar-refractivity contribution in [1.82, 2.24) is 4.58 Å². The Morgan fingerprint density at radius 1 is 1.42 bits per heavy atom. The van der Waals surface area contributed by atoms with Crippen LogP contribution in [-0.2, 0) is 4.84 Å². The van der Waals surface area contributed by atoms with Gasteiger partial charge in [0.2, 0.25) is 0 Å². The predicted octanol–water partition coefficient (Wildman–Crippen LogP) is 1.84. The Morgan fingerprint density at radius 3 is 2.50 bits per heavy atom. The molecule has 3 nitrogen and oxygen atoms in total. The molecular weight excluding hydrogens is 178 g/mol. The first-order chi connectivity index (χ1) is 5.75. The molecule has 0 bridgehead atoms. The van der Waals surface area contributed by atoms with E-state index in [0.29, 0.717) is 10.1 Å². The highest BCUT2D eigenvalue weighted by molar-refractivity contribution is 6.23. The fraction of sp³-hybridized carbons (Fsp3) is 0.125. The second-order valence-corrected chi connectivity index (χ2v) is 2.41. The van der Waals surface area contributed by atoms with Crippen molar-refractivity contribution in [1.29, 1.82) is 0 Å². The molecule has 0 saturated carbocycles. The molecular formula is C8H8ClNO2. The van der Waals surface area contributed by atoms with E-state index in [2.05, 4.69) is 4.84 Å². The summed E-state index contributed by atoms with van der Waals surface area (Å²) in [5.41, 5.74) is 0.495. The molecule has 1 amide bonds. The van der Waals surface area contributed by atoms with Crippen molar-refractivity contribution in [3.63, 3.8) is 0 Å². The Morgan fingerprint density at radius 2 is 2.00 bits per heavy atom.